The van der Waals surface area contributed by atoms with E-state index in [1.807, 2.05) is 27.7 Å². The summed E-state index contributed by atoms with van der Waals surface area (Å²) < 4.78 is 10.5. The maximum Gasteiger partial charge on any atom is 0.407 e. The Morgan fingerprint density at radius 1 is 1.41 bits per heavy atom. The summed E-state index contributed by atoms with van der Waals surface area (Å²) in [6.07, 6.45) is 1.43. The number of nitrogens with one attached hydrogen (secondary N) is 1. The number of aryl methyl sites for hydroxylation is 1. The van der Waals surface area contributed by atoms with Gasteiger partial charge in [0.15, 0.2) is 5.82 Å². The van der Waals surface area contributed by atoms with Crippen molar-refractivity contribution in [2.45, 2.75) is 65.1 Å². The van der Waals surface area contributed by atoms with Crippen LogP contribution in [0.1, 0.15) is 58.3 Å². The van der Waals surface area contributed by atoms with E-state index in [4.69, 9.17) is 9.26 Å². The first-order chi connectivity index (χ1) is 10.2. The van der Waals surface area contributed by atoms with Gasteiger partial charge in [-0.2, -0.15) is 4.98 Å². The number of amides is 1. The first-order valence-corrected chi connectivity index (χ1v) is 7.78. The molecule has 1 aromatic rings. The molecule has 1 atom stereocenters. The van der Waals surface area contributed by atoms with Crippen molar-refractivity contribution in [3.63, 3.8) is 0 Å². The summed E-state index contributed by atoms with van der Waals surface area (Å²) in [6, 6.07) is 0.256. The molecule has 0 saturated carbocycles. The number of carbonyl (C=O) groups is 1. The van der Waals surface area contributed by atoms with Gasteiger partial charge in [0.05, 0.1) is 6.04 Å². The number of carbonyl (C=O) groups excluding carboxylic acids is 1. The molecule has 1 fully saturated rings. The standard InChI is InChI=1S/C15H26N4O3/c1-10(13-16-11(2)18-22-13)19-8-6-12(7-9-19)17-14(20)21-15(3,4)5/h10,12H,6-9H2,1-5H3,(H,17,20). The van der Waals surface area contributed by atoms with Crippen molar-refractivity contribution >= 4 is 6.09 Å². The van der Waals surface area contributed by atoms with E-state index in [2.05, 4.69) is 27.3 Å². The highest BCUT2D eigenvalue weighted by Crippen LogP contribution is 2.23. The third-order valence-corrected chi connectivity index (χ3v) is 3.70. The zero-order valence-corrected chi connectivity index (χ0v) is 14.0. The Labute approximate surface area is 131 Å². The molecular weight excluding hydrogens is 284 g/mol. The van der Waals surface area contributed by atoms with Crippen LogP contribution in [0.5, 0.6) is 0 Å². The molecule has 0 aromatic carbocycles. The number of aromatic nitrogens is 2. The number of rotatable bonds is 3. The number of likely N-dealkylation sites (tertiary alicyclic amines) is 1. The average molecular weight is 310 g/mol. The summed E-state index contributed by atoms with van der Waals surface area (Å²) in [6.45, 7) is 11.2. The van der Waals surface area contributed by atoms with E-state index in [0.29, 0.717) is 11.7 Å². The second-order valence-electron chi connectivity index (χ2n) is 6.81. The Morgan fingerprint density at radius 3 is 2.55 bits per heavy atom. The van der Waals surface area contributed by atoms with E-state index in [1.54, 1.807) is 0 Å². The summed E-state index contributed by atoms with van der Waals surface area (Å²) in [5.74, 6) is 1.30. The lowest BCUT2D eigenvalue weighted by Gasteiger charge is -2.35. The lowest BCUT2D eigenvalue weighted by Crippen LogP contribution is -2.46. The molecule has 22 heavy (non-hydrogen) atoms. The Balaban J connectivity index is 1.79. The molecule has 124 valence electrons. The first-order valence-electron chi connectivity index (χ1n) is 7.78. The van der Waals surface area contributed by atoms with Gasteiger partial charge < -0.3 is 14.6 Å². The van der Waals surface area contributed by atoms with Crippen LogP contribution >= 0.6 is 0 Å². The summed E-state index contributed by atoms with van der Waals surface area (Å²) in [5, 5.41) is 6.77. The molecule has 0 radical (unpaired) electrons. The smallest absolute Gasteiger partial charge is 0.407 e. The zero-order valence-electron chi connectivity index (χ0n) is 14.0. The molecule has 2 rings (SSSR count). The van der Waals surface area contributed by atoms with Crippen molar-refractivity contribution in [3.05, 3.63) is 11.7 Å². The third-order valence-electron chi connectivity index (χ3n) is 3.70. The van der Waals surface area contributed by atoms with Gasteiger partial charge in [0.2, 0.25) is 5.89 Å². The molecule has 2 heterocycles. The van der Waals surface area contributed by atoms with Crippen LogP contribution in [-0.4, -0.2) is 45.9 Å². The minimum absolute atomic E-state index is 0.101. The molecule has 1 aliphatic heterocycles. The second kappa shape index (κ2) is 6.64. The molecule has 0 aliphatic carbocycles. The number of ether oxygens (including phenoxy) is 1. The van der Waals surface area contributed by atoms with Gasteiger partial charge in [0.25, 0.3) is 0 Å². The largest absolute Gasteiger partial charge is 0.444 e. The highest BCUT2D eigenvalue weighted by molar-refractivity contribution is 5.68. The van der Waals surface area contributed by atoms with E-state index < -0.39 is 5.60 Å². The number of piperidine rings is 1. The Morgan fingerprint density at radius 2 is 2.05 bits per heavy atom. The Hall–Kier alpha value is -1.63. The number of hydrogen-bond donors (Lipinski definition) is 1. The van der Waals surface area contributed by atoms with Gasteiger partial charge in [-0.05, 0) is 47.5 Å². The van der Waals surface area contributed by atoms with E-state index in [0.717, 1.165) is 25.9 Å². The van der Waals surface area contributed by atoms with Crippen LogP contribution in [0.4, 0.5) is 4.79 Å². The fourth-order valence-electron chi connectivity index (χ4n) is 2.54. The minimum Gasteiger partial charge on any atom is -0.444 e. The molecule has 1 aliphatic rings. The molecule has 1 saturated heterocycles. The maximum atomic E-state index is 11.8. The van der Waals surface area contributed by atoms with Gasteiger partial charge >= 0.3 is 6.09 Å². The highest BCUT2D eigenvalue weighted by Gasteiger charge is 2.28. The van der Waals surface area contributed by atoms with Crippen molar-refractivity contribution < 1.29 is 14.1 Å². The SMILES string of the molecule is Cc1noc(C(C)N2CCC(NC(=O)OC(C)(C)C)CC2)n1. The quantitative estimate of drug-likeness (QED) is 0.923. The van der Waals surface area contributed by atoms with Crippen LogP contribution in [-0.2, 0) is 4.74 Å². The number of nitrogens with zero attached hydrogens (tertiary/aromatic N) is 3. The first kappa shape index (κ1) is 16.7. The fourth-order valence-corrected chi connectivity index (χ4v) is 2.54. The van der Waals surface area contributed by atoms with E-state index in [-0.39, 0.29) is 18.2 Å². The highest BCUT2D eigenvalue weighted by atomic mass is 16.6. The molecule has 7 nitrogen and oxygen atoms in total. The van der Waals surface area contributed by atoms with Crippen LogP contribution in [0.3, 0.4) is 0 Å². The van der Waals surface area contributed by atoms with Gasteiger partial charge in [-0.25, -0.2) is 4.79 Å². The lowest BCUT2D eigenvalue weighted by molar-refractivity contribution is 0.0464. The predicted octanol–water partition coefficient (Wildman–Crippen LogP) is 2.43. The summed E-state index contributed by atoms with van der Waals surface area (Å²) in [5.41, 5.74) is -0.463. The van der Waals surface area contributed by atoms with Gasteiger partial charge in [-0.15, -0.1) is 0 Å². The monoisotopic (exact) mass is 310 g/mol. The zero-order chi connectivity index (χ0) is 16.3. The van der Waals surface area contributed by atoms with Gasteiger partial charge in [-0.3, -0.25) is 4.90 Å². The van der Waals surface area contributed by atoms with E-state index >= 15 is 0 Å². The van der Waals surface area contributed by atoms with Crippen molar-refractivity contribution in [2.24, 2.45) is 0 Å². The van der Waals surface area contributed by atoms with Gasteiger partial charge in [0, 0.05) is 19.1 Å². The summed E-state index contributed by atoms with van der Waals surface area (Å²) in [4.78, 5) is 18.4. The molecule has 1 aromatic heterocycles. The molecular formula is C15H26N4O3. The van der Waals surface area contributed by atoms with Gasteiger partial charge in [-0.1, -0.05) is 5.16 Å². The van der Waals surface area contributed by atoms with Crippen molar-refractivity contribution in [3.8, 4) is 0 Å². The van der Waals surface area contributed by atoms with E-state index in [1.165, 1.54) is 0 Å². The summed E-state index contributed by atoms with van der Waals surface area (Å²) >= 11 is 0. The van der Waals surface area contributed by atoms with Crippen molar-refractivity contribution in [1.29, 1.82) is 0 Å². The topological polar surface area (TPSA) is 80.5 Å². The molecule has 0 bridgehead atoms. The Kier molecular flexibility index (Phi) is 5.05. The van der Waals surface area contributed by atoms with Crippen LogP contribution in [0.2, 0.25) is 0 Å². The lowest BCUT2D eigenvalue weighted by atomic mass is 10.0. The second-order valence-corrected chi connectivity index (χ2v) is 6.81. The molecule has 0 spiro atoms. The molecule has 1 N–H and O–H groups in total. The molecule has 1 amide bonds. The molecule has 7 heteroatoms. The van der Waals surface area contributed by atoms with Crippen LogP contribution in [0.25, 0.3) is 0 Å². The number of alkyl carbamates (subject to hydrolysis) is 1. The van der Waals surface area contributed by atoms with Crippen LogP contribution in [0, 0.1) is 6.92 Å². The van der Waals surface area contributed by atoms with E-state index in [9.17, 15) is 4.79 Å². The van der Waals surface area contributed by atoms with Crippen LogP contribution < -0.4 is 5.32 Å². The average Bonchev–Trinajstić information content (AvgIpc) is 2.83. The fraction of sp³-hybridized carbons (Fsp3) is 0.800. The van der Waals surface area contributed by atoms with Crippen molar-refractivity contribution in [2.75, 3.05) is 13.1 Å². The Bertz CT molecular complexity index is 501. The van der Waals surface area contributed by atoms with Crippen LogP contribution in [0.15, 0.2) is 4.52 Å². The normalized spacial score (nSPS) is 19.0. The minimum atomic E-state index is -0.463. The molecule has 1 unspecified atom stereocenters. The van der Waals surface area contributed by atoms with Crippen molar-refractivity contribution in [1.82, 2.24) is 20.4 Å². The summed E-state index contributed by atoms with van der Waals surface area (Å²) in [7, 11) is 0. The van der Waals surface area contributed by atoms with Gasteiger partial charge in [0.1, 0.15) is 5.60 Å². The maximum absolute atomic E-state index is 11.8. The number of hydrogen-bond acceptors (Lipinski definition) is 6. The third kappa shape index (κ3) is 4.69. The predicted molar refractivity (Wildman–Crippen MR) is 81.4 cm³/mol.